The third-order valence-corrected chi connectivity index (χ3v) is 4.87. The van der Waals surface area contributed by atoms with E-state index in [9.17, 15) is 4.79 Å². The van der Waals surface area contributed by atoms with Gasteiger partial charge in [0.05, 0.1) is 5.56 Å². The summed E-state index contributed by atoms with van der Waals surface area (Å²) in [5.41, 5.74) is 4.04. The van der Waals surface area contributed by atoms with Gasteiger partial charge in [-0.05, 0) is 67.8 Å². The Morgan fingerprint density at radius 1 is 1.00 bits per heavy atom. The number of carbonyl (C=O) groups is 1. The van der Waals surface area contributed by atoms with Crippen molar-refractivity contribution in [2.75, 3.05) is 5.32 Å². The molecule has 3 rings (SSSR count). The summed E-state index contributed by atoms with van der Waals surface area (Å²) in [5.74, 6) is 0.317. The molecule has 0 aliphatic carbocycles. The van der Waals surface area contributed by atoms with Crippen molar-refractivity contribution in [2.24, 2.45) is 0 Å². The van der Waals surface area contributed by atoms with E-state index in [4.69, 9.17) is 0 Å². The topological polar surface area (TPSA) is 54.9 Å². The fraction of sp³-hybridized carbons (Fsp3) is 0.150. The first-order chi connectivity index (χ1) is 12.0. The van der Waals surface area contributed by atoms with Gasteiger partial charge >= 0.3 is 0 Å². The maximum Gasteiger partial charge on any atom is 0.259 e. The van der Waals surface area contributed by atoms with Crippen LogP contribution in [0.3, 0.4) is 0 Å². The van der Waals surface area contributed by atoms with Gasteiger partial charge in [0, 0.05) is 17.3 Å². The predicted octanol–water partition coefficient (Wildman–Crippen LogP) is 4.81. The number of hydrogen-bond acceptors (Lipinski definition) is 4. The monoisotopic (exact) mass is 349 g/mol. The highest BCUT2D eigenvalue weighted by Gasteiger charge is 2.14. The molecule has 1 amide bonds. The standard InChI is InChI=1S/C20H19N3OS/c1-13-6-9-18(22-12-13)23-19(24)17-5-4-10-21-20(17)25-16-8-7-14(2)15(3)11-16/h4-12H,1-3H3,(H,22,23,24). The minimum atomic E-state index is -0.212. The van der Waals surface area contributed by atoms with Crippen LogP contribution < -0.4 is 5.32 Å². The number of nitrogens with one attached hydrogen (secondary N) is 1. The van der Waals surface area contributed by atoms with Crippen molar-refractivity contribution in [3.63, 3.8) is 0 Å². The number of anilines is 1. The number of rotatable bonds is 4. The number of amides is 1. The molecular weight excluding hydrogens is 330 g/mol. The smallest absolute Gasteiger partial charge is 0.259 e. The number of benzene rings is 1. The molecule has 0 bridgehead atoms. The first-order valence-corrected chi connectivity index (χ1v) is 8.79. The highest BCUT2D eigenvalue weighted by Crippen LogP contribution is 2.30. The van der Waals surface area contributed by atoms with E-state index >= 15 is 0 Å². The van der Waals surface area contributed by atoms with Gasteiger partial charge in [-0.15, -0.1) is 0 Å². The van der Waals surface area contributed by atoms with E-state index in [-0.39, 0.29) is 5.91 Å². The normalized spacial score (nSPS) is 10.5. The van der Waals surface area contributed by atoms with E-state index in [1.54, 1.807) is 30.6 Å². The van der Waals surface area contributed by atoms with Crippen LogP contribution in [0.4, 0.5) is 5.82 Å². The highest BCUT2D eigenvalue weighted by atomic mass is 32.2. The van der Waals surface area contributed by atoms with Crippen LogP contribution in [0.1, 0.15) is 27.0 Å². The minimum absolute atomic E-state index is 0.212. The second kappa shape index (κ2) is 7.49. The fourth-order valence-electron chi connectivity index (χ4n) is 2.26. The van der Waals surface area contributed by atoms with Gasteiger partial charge in [-0.2, -0.15) is 0 Å². The Labute approximate surface area is 151 Å². The molecule has 0 aliphatic rings. The SMILES string of the molecule is Cc1ccc(NC(=O)c2cccnc2Sc2ccc(C)c(C)c2)nc1. The molecule has 25 heavy (non-hydrogen) atoms. The number of nitrogens with zero attached hydrogens (tertiary/aromatic N) is 2. The van der Waals surface area contributed by atoms with Crippen LogP contribution in [-0.2, 0) is 0 Å². The average molecular weight is 349 g/mol. The summed E-state index contributed by atoms with van der Waals surface area (Å²) in [6.45, 7) is 6.12. The van der Waals surface area contributed by atoms with Crippen LogP contribution >= 0.6 is 11.8 Å². The van der Waals surface area contributed by atoms with E-state index in [0.717, 1.165) is 10.5 Å². The molecule has 1 aromatic carbocycles. The Balaban J connectivity index is 1.83. The van der Waals surface area contributed by atoms with Crippen molar-refractivity contribution in [3.05, 3.63) is 77.1 Å². The molecule has 0 saturated heterocycles. The lowest BCUT2D eigenvalue weighted by Gasteiger charge is -2.10. The quantitative estimate of drug-likeness (QED) is 0.735. The average Bonchev–Trinajstić information content (AvgIpc) is 2.60. The second-order valence-corrected chi connectivity index (χ2v) is 6.94. The molecule has 0 spiro atoms. The molecule has 2 aromatic heterocycles. The molecule has 5 heteroatoms. The van der Waals surface area contributed by atoms with Crippen LogP contribution in [0.2, 0.25) is 0 Å². The maximum absolute atomic E-state index is 12.6. The van der Waals surface area contributed by atoms with Gasteiger partial charge in [-0.3, -0.25) is 4.79 Å². The molecule has 126 valence electrons. The summed E-state index contributed by atoms with van der Waals surface area (Å²) < 4.78 is 0. The van der Waals surface area contributed by atoms with Crippen molar-refractivity contribution >= 4 is 23.5 Å². The molecule has 0 saturated carbocycles. The lowest BCUT2D eigenvalue weighted by atomic mass is 10.1. The van der Waals surface area contributed by atoms with E-state index < -0.39 is 0 Å². The third kappa shape index (κ3) is 4.25. The summed E-state index contributed by atoms with van der Waals surface area (Å²) >= 11 is 1.49. The number of carbonyl (C=O) groups excluding carboxylic acids is 1. The van der Waals surface area contributed by atoms with Gasteiger partial charge in [0.1, 0.15) is 10.8 Å². The van der Waals surface area contributed by atoms with Crippen LogP contribution in [0.5, 0.6) is 0 Å². The van der Waals surface area contributed by atoms with E-state index in [1.165, 1.54) is 22.9 Å². The Kier molecular flexibility index (Phi) is 5.14. The number of aryl methyl sites for hydroxylation is 3. The predicted molar refractivity (Wildman–Crippen MR) is 101 cm³/mol. The van der Waals surface area contributed by atoms with Crippen molar-refractivity contribution in [1.82, 2.24) is 9.97 Å². The Morgan fingerprint density at radius 3 is 2.56 bits per heavy atom. The molecule has 1 N–H and O–H groups in total. The molecular formula is C20H19N3OS. The molecule has 0 fully saturated rings. The Bertz CT molecular complexity index is 907. The molecule has 0 atom stereocenters. The summed E-state index contributed by atoms with van der Waals surface area (Å²) in [6, 6.07) is 13.5. The van der Waals surface area contributed by atoms with Crippen LogP contribution in [0, 0.1) is 20.8 Å². The first-order valence-electron chi connectivity index (χ1n) is 7.97. The summed E-state index contributed by atoms with van der Waals surface area (Å²) in [4.78, 5) is 22.3. The van der Waals surface area contributed by atoms with E-state index in [0.29, 0.717) is 16.4 Å². The fourth-order valence-corrected chi connectivity index (χ4v) is 3.24. The lowest BCUT2D eigenvalue weighted by molar-refractivity contribution is 0.102. The first kappa shape index (κ1) is 17.2. The zero-order valence-electron chi connectivity index (χ0n) is 14.4. The molecule has 4 nitrogen and oxygen atoms in total. The number of aromatic nitrogens is 2. The Hall–Kier alpha value is -2.66. The largest absolute Gasteiger partial charge is 0.306 e. The number of hydrogen-bond donors (Lipinski definition) is 1. The second-order valence-electron chi connectivity index (χ2n) is 5.88. The van der Waals surface area contributed by atoms with Gasteiger partial charge in [-0.25, -0.2) is 9.97 Å². The van der Waals surface area contributed by atoms with E-state index in [2.05, 4.69) is 41.3 Å². The maximum atomic E-state index is 12.6. The minimum Gasteiger partial charge on any atom is -0.306 e. The van der Waals surface area contributed by atoms with E-state index in [1.807, 2.05) is 19.1 Å². The van der Waals surface area contributed by atoms with Crippen LogP contribution in [0.25, 0.3) is 0 Å². The molecule has 2 heterocycles. The third-order valence-electron chi connectivity index (χ3n) is 3.86. The van der Waals surface area contributed by atoms with Crippen molar-refractivity contribution in [3.8, 4) is 0 Å². The molecule has 0 aliphatic heterocycles. The van der Waals surface area contributed by atoms with Crippen molar-refractivity contribution < 1.29 is 4.79 Å². The van der Waals surface area contributed by atoms with Crippen LogP contribution in [0.15, 0.2) is 64.8 Å². The van der Waals surface area contributed by atoms with Gasteiger partial charge in [0.25, 0.3) is 5.91 Å². The zero-order valence-corrected chi connectivity index (χ0v) is 15.2. The van der Waals surface area contributed by atoms with Gasteiger partial charge in [0.15, 0.2) is 0 Å². The highest BCUT2D eigenvalue weighted by molar-refractivity contribution is 7.99. The summed E-state index contributed by atoms with van der Waals surface area (Å²) in [5, 5.41) is 3.50. The molecule has 3 aromatic rings. The number of pyridine rings is 2. The lowest BCUT2D eigenvalue weighted by Crippen LogP contribution is -2.14. The summed E-state index contributed by atoms with van der Waals surface area (Å²) in [7, 11) is 0. The zero-order chi connectivity index (χ0) is 17.8. The molecule has 0 radical (unpaired) electrons. The Morgan fingerprint density at radius 2 is 1.84 bits per heavy atom. The van der Waals surface area contributed by atoms with Crippen molar-refractivity contribution in [2.45, 2.75) is 30.7 Å². The molecule has 0 unspecified atom stereocenters. The van der Waals surface area contributed by atoms with Crippen molar-refractivity contribution in [1.29, 1.82) is 0 Å². The van der Waals surface area contributed by atoms with Gasteiger partial charge in [0.2, 0.25) is 0 Å². The summed E-state index contributed by atoms with van der Waals surface area (Å²) in [6.07, 6.45) is 3.42. The van der Waals surface area contributed by atoms with Gasteiger partial charge < -0.3 is 5.32 Å². The van der Waals surface area contributed by atoms with Gasteiger partial charge in [-0.1, -0.05) is 23.9 Å². The van der Waals surface area contributed by atoms with Crippen LogP contribution in [-0.4, -0.2) is 15.9 Å².